The monoisotopic (exact) mass is 205 g/mol. The Hall–Kier alpha value is -1.68. The van der Waals surface area contributed by atoms with Crippen LogP contribution in [-0.2, 0) is 6.54 Å². The summed E-state index contributed by atoms with van der Waals surface area (Å²) in [6.07, 6.45) is 5.15. The van der Waals surface area contributed by atoms with E-state index in [2.05, 4.69) is 4.98 Å². The fourth-order valence-corrected chi connectivity index (χ4v) is 1.50. The van der Waals surface area contributed by atoms with Crippen molar-refractivity contribution in [3.05, 3.63) is 54.4 Å². The zero-order valence-corrected chi connectivity index (χ0v) is 8.18. The Kier molecular flexibility index (Phi) is 2.78. The van der Waals surface area contributed by atoms with Gasteiger partial charge in [0.2, 0.25) is 0 Å². The molecule has 3 nitrogen and oxygen atoms in total. The maximum absolute atomic E-state index is 13.4. The summed E-state index contributed by atoms with van der Waals surface area (Å²) >= 11 is 0. The van der Waals surface area contributed by atoms with Crippen LogP contribution >= 0.6 is 0 Å². The van der Waals surface area contributed by atoms with E-state index in [0.29, 0.717) is 12.1 Å². The minimum atomic E-state index is -0.347. The van der Waals surface area contributed by atoms with Gasteiger partial charge in [-0.2, -0.15) is 0 Å². The van der Waals surface area contributed by atoms with Crippen LogP contribution in [0.2, 0.25) is 0 Å². The summed E-state index contributed by atoms with van der Waals surface area (Å²) in [5.41, 5.74) is 6.43. The maximum Gasteiger partial charge on any atom is 0.128 e. The standard InChI is InChI=1S/C11H12FN3/c12-10-4-2-1-3-9(10)11(13)7-15-6-5-14-8-15/h1-6,8,11H,7,13H2. The molecule has 4 heteroatoms. The molecule has 2 N–H and O–H groups in total. The van der Waals surface area contributed by atoms with E-state index in [0.717, 1.165) is 0 Å². The first-order chi connectivity index (χ1) is 7.27. The molecule has 0 amide bonds. The second-order valence-corrected chi connectivity index (χ2v) is 3.39. The third-order valence-electron chi connectivity index (χ3n) is 2.27. The molecule has 1 aromatic carbocycles. The lowest BCUT2D eigenvalue weighted by Gasteiger charge is -2.13. The minimum absolute atomic E-state index is 0.259. The van der Waals surface area contributed by atoms with E-state index in [9.17, 15) is 4.39 Å². The van der Waals surface area contributed by atoms with Gasteiger partial charge in [0.05, 0.1) is 12.4 Å². The summed E-state index contributed by atoms with van der Waals surface area (Å²) in [6.45, 7) is 0.529. The van der Waals surface area contributed by atoms with E-state index in [1.165, 1.54) is 6.07 Å². The first-order valence-corrected chi connectivity index (χ1v) is 4.73. The Morgan fingerprint density at radius 2 is 2.20 bits per heavy atom. The summed E-state index contributed by atoms with van der Waals surface area (Å²) in [5.74, 6) is -0.259. The molecule has 0 aliphatic rings. The van der Waals surface area contributed by atoms with Gasteiger partial charge in [0.15, 0.2) is 0 Å². The molecule has 0 saturated carbocycles. The Morgan fingerprint density at radius 1 is 1.40 bits per heavy atom. The normalized spacial score (nSPS) is 12.7. The van der Waals surface area contributed by atoms with E-state index < -0.39 is 0 Å². The van der Waals surface area contributed by atoms with E-state index in [4.69, 9.17) is 5.73 Å². The number of benzene rings is 1. The molecule has 1 heterocycles. The van der Waals surface area contributed by atoms with Gasteiger partial charge in [0, 0.05) is 24.5 Å². The van der Waals surface area contributed by atoms with Crippen molar-refractivity contribution >= 4 is 0 Å². The Labute approximate surface area is 87.4 Å². The number of nitrogens with zero attached hydrogens (tertiary/aromatic N) is 2. The zero-order chi connectivity index (χ0) is 10.7. The fourth-order valence-electron chi connectivity index (χ4n) is 1.50. The second kappa shape index (κ2) is 4.23. The van der Waals surface area contributed by atoms with Crippen LogP contribution in [0.1, 0.15) is 11.6 Å². The van der Waals surface area contributed by atoms with Gasteiger partial charge in [-0.25, -0.2) is 9.37 Å². The van der Waals surface area contributed by atoms with Crippen LogP contribution in [0.3, 0.4) is 0 Å². The highest BCUT2D eigenvalue weighted by molar-refractivity contribution is 5.20. The highest BCUT2D eigenvalue weighted by Gasteiger charge is 2.10. The lowest BCUT2D eigenvalue weighted by molar-refractivity contribution is 0.532. The molecule has 0 spiro atoms. The Morgan fingerprint density at radius 3 is 2.87 bits per heavy atom. The molecule has 78 valence electrons. The van der Waals surface area contributed by atoms with E-state index in [1.807, 2.05) is 4.57 Å². The van der Waals surface area contributed by atoms with Gasteiger partial charge >= 0.3 is 0 Å². The topological polar surface area (TPSA) is 43.8 Å². The molecule has 1 aromatic heterocycles. The van der Waals surface area contributed by atoms with Crippen molar-refractivity contribution in [1.29, 1.82) is 0 Å². The molecule has 0 fully saturated rings. The lowest BCUT2D eigenvalue weighted by Crippen LogP contribution is -2.18. The van der Waals surface area contributed by atoms with Crippen LogP contribution in [0.25, 0.3) is 0 Å². The largest absolute Gasteiger partial charge is 0.336 e. The summed E-state index contributed by atoms with van der Waals surface area (Å²) in [5, 5.41) is 0. The van der Waals surface area contributed by atoms with Crippen LogP contribution in [0.15, 0.2) is 43.0 Å². The van der Waals surface area contributed by atoms with Gasteiger partial charge in [-0.1, -0.05) is 18.2 Å². The Balaban J connectivity index is 2.15. The van der Waals surface area contributed by atoms with Gasteiger partial charge in [-0.15, -0.1) is 0 Å². The average Bonchev–Trinajstić information content (AvgIpc) is 2.71. The number of nitrogens with two attached hydrogens (primary N) is 1. The smallest absolute Gasteiger partial charge is 0.128 e. The Bertz CT molecular complexity index is 425. The quantitative estimate of drug-likeness (QED) is 0.829. The number of rotatable bonds is 3. The molecule has 1 atom stereocenters. The number of imidazole rings is 1. The highest BCUT2D eigenvalue weighted by Crippen LogP contribution is 2.15. The second-order valence-electron chi connectivity index (χ2n) is 3.39. The third-order valence-corrected chi connectivity index (χ3v) is 2.27. The van der Waals surface area contributed by atoms with Crippen molar-refractivity contribution in [2.24, 2.45) is 5.73 Å². The minimum Gasteiger partial charge on any atom is -0.336 e. The molecular formula is C11H12FN3. The summed E-state index contributed by atoms with van der Waals surface area (Å²) in [6, 6.07) is 6.22. The third kappa shape index (κ3) is 2.22. The van der Waals surface area contributed by atoms with Crippen LogP contribution in [-0.4, -0.2) is 9.55 Å². The summed E-state index contributed by atoms with van der Waals surface area (Å²) < 4.78 is 15.2. The predicted molar refractivity (Wildman–Crippen MR) is 55.6 cm³/mol. The molecule has 15 heavy (non-hydrogen) atoms. The van der Waals surface area contributed by atoms with E-state index in [-0.39, 0.29) is 11.9 Å². The van der Waals surface area contributed by atoms with E-state index in [1.54, 1.807) is 36.9 Å². The van der Waals surface area contributed by atoms with Crippen molar-refractivity contribution in [2.75, 3.05) is 0 Å². The summed E-state index contributed by atoms with van der Waals surface area (Å²) in [7, 11) is 0. The van der Waals surface area contributed by atoms with Crippen molar-refractivity contribution < 1.29 is 4.39 Å². The fraction of sp³-hybridized carbons (Fsp3) is 0.182. The average molecular weight is 205 g/mol. The van der Waals surface area contributed by atoms with Crippen LogP contribution in [0.4, 0.5) is 4.39 Å². The van der Waals surface area contributed by atoms with Gasteiger partial charge in [-0.05, 0) is 6.07 Å². The summed E-state index contributed by atoms with van der Waals surface area (Å²) in [4.78, 5) is 3.90. The molecule has 2 aromatic rings. The first-order valence-electron chi connectivity index (χ1n) is 4.73. The van der Waals surface area contributed by atoms with Gasteiger partial charge in [0.1, 0.15) is 5.82 Å². The molecule has 0 aliphatic heterocycles. The molecule has 0 saturated heterocycles. The number of halogens is 1. The van der Waals surface area contributed by atoms with Gasteiger partial charge in [0.25, 0.3) is 0 Å². The first kappa shape index (κ1) is 9.86. The van der Waals surface area contributed by atoms with Crippen molar-refractivity contribution in [3.63, 3.8) is 0 Å². The van der Waals surface area contributed by atoms with Crippen molar-refractivity contribution in [1.82, 2.24) is 9.55 Å². The van der Waals surface area contributed by atoms with E-state index >= 15 is 0 Å². The molecule has 1 unspecified atom stereocenters. The molecule has 2 rings (SSSR count). The lowest BCUT2D eigenvalue weighted by atomic mass is 10.1. The highest BCUT2D eigenvalue weighted by atomic mass is 19.1. The van der Waals surface area contributed by atoms with Crippen LogP contribution < -0.4 is 5.73 Å². The maximum atomic E-state index is 13.4. The van der Waals surface area contributed by atoms with Gasteiger partial charge < -0.3 is 10.3 Å². The predicted octanol–water partition coefficient (Wildman–Crippen LogP) is 1.72. The molecule has 0 aliphatic carbocycles. The van der Waals surface area contributed by atoms with Crippen molar-refractivity contribution in [2.45, 2.75) is 12.6 Å². The number of aromatic nitrogens is 2. The number of hydrogen-bond acceptors (Lipinski definition) is 2. The van der Waals surface area contributed by atoms with Gasteiger partial charge in [-0.3, -0.25) is 0 Å². The number of hydrogen-bond donors (Lipinski definition) is 1. The van der Waals surface area contributed by atoms with Crippen molar-refractivity contribution in [3.8, 4) is 0 Å². The molecular weight excluding hydrogens is 193 g/mol. The van der Waals surface area contributed by atoms with Crippen LogP contribution in [0.5, 0.6) is 0 Å². The zero-order valence-electron chi connectivity index (χ0n) is 8.18. The molecule has 0 bridgehead atoms. The van der Waals surface area contributed by atoms with Crippen LogP contribution in [0, 0.1) is 5.82 Å². The SMILES string of the molecule is NC(Cn1ccnc1)c1ccccc1F. The molecule has 0 radical (unpaired) electrons.